The minimum Gasteiger partial charge on any atom is -0.385 e. The van der Waals surface area contributed by atoms with Crippen molar-refractivity contribution in [3.05, 3.63) is 77.7 Å². The number of ether oxygens (including phenoxy) is 1. The smallest absolute Gasteiger partial charge is 0.242 e. The number of hydrogen-bond acceptors (Lipinski definition) is 3. The maximum Gasteiger partial charge on any atom is 0.242 e. The number of methoxy groups -OCH3 is 1. The van der Waals surface area contributed by atoms with Crippen LogP contribution in [0.15, 0.2) is 77.1 Å². The van der Waals surface area contributed by atoms with Gasteiger partial charge in [-0.3, -0.25) is 4.79 Å². The zero-order valence-corrected chi connectivity index (χ0v) is 19.6. The predicted octanol–water partition coefficient (Wildman–Crippen LogP) is 7.37. The first kappa shape index (κ1) is 26.6. The molecule has 0 N–H and O–H groups in total. The molecule has 1 aromatic carbocycles. The van der Waals surface area contributed by atoms with E-state index in [4.69, 9.17) is 4.74 Å². The van der Waals surface area contributed by atoms with Gasteiger partial charge in [0.1, 0.15) is 5.70 Å². The molecule has 0 spiro atoms. The largest absolute Gasteiger partial charge is 0.385 e. The van der Waals surface area contributed by atoms with Gasteiger partial charge in [0, 0.05) is 44.6 Å². The van der Waals surface area contributed by atoms with E-state index in [2.05, 4.69) is 36.0 Å². The van der Waals surface area contributed by atoms with E-state index in [9.17, 15) is 13.6 Å². The maximum absolute atomic E-state index is 12.9. The highest BCUT2D eigenvalue weighted by Gasteiger charge is 2.23. The second kappa shape index (κ2) is 14.5. The molecule has 0 aliphatic heterocycles. The van der Waals surface area contributed by atoms with Crippen molar-refractivity contribution >= 4 is 11.5 Å². The van der Waals surface area contributed by atoms with Gasteiger partial charge in [-0.1, -0.05) is 72.9 Å². The monoisotopic (exact) mass is 455 g/mol. The van der Waals surface area contributed by atoms with Crippen molar-refractivity contribution in [2.45, 2.75) is 70.1 Å². The summed E-state index contributed by atoms with van der Waals surface area (Å²) in [6, 6.07) is 10.3. The molecular weight excluding hydrogens is 420 g/mol. The molecule has 0 amide bonds. The highest BCUT2D eigenvalue weighted by atomic mass is 19.3. The minimum absolute atomic E-state index is 0.0687. The molecule has 1 saturated carbocycles. The molecular formula is C28H35F2NO2. The third-order valence-electron chi connectivity index (χ3n) is 5.87. The molecule has 2 rings (SSSR count). The molecule has 0 bridgehead atoms. The van der Waals surface area contributed by atoms with Gasteiger partial charge in [-0.2, -0.15) is 0 Å². The lowest BCUT2D eigenvalue weighted by Crippen LogP contribution is -2.16. The number of allylic oxidation sites excluding steroid dienone is 4. The van der Waals surface area contributed by atoms with Crippen LogP contribution >= 0.6 is 0 Å². The van der Waals surface area contributed by atoms with E-state index >= 15 is 0 Å². The van der Waals surface area contributed by atoms with E-state index < -0.39 is 6.43 Å². The SMILES string of the molecule is C=C=C(N=C1CC[C@H](c2ccccc2)C(=C)C1)C(=O)C/C(=C\CC(F)F)CCCCCOC. The summed E-state index contributed by atoms with van der Waals surface area (Å²) in [5.41, 5.74) is 6.79. The van der Waals surface area contributed by atoms with E-state index in [1.54, 1.807) is 7.11 Å². The number of alkyl halides is 2. The molecule has 3 nitrogen and oxygen atoms in total. The molecule has 0 unspecified atom stereocenters. The number of carbonyl (C=O) groups excluding carboxylic acids is 1. The van der Waals surface area contributed by atoms with Gasteiger partial charge in [-0.15, -0.1) is 0 Å². The Bertz CT molecular complexity index is 896. The first-order valence-corrected chi connectivity index (χ1v) is 11.6. The molecule has 5 heteroatoms. The number of halogens is 2. The third kappa shape index (κ3) is 9.41. The van der Waals surface area contributed by atoms with Crippen LogP contribution in [0, 0.1) is 0 Å². The highest BCUT2D eigenvalue weighted by Crippen LogP contribution is 2.35. The lowest BCUT2D eigenvalue weighted by molar-refractivity contribution is -0.115. The Balaban J connectivity index is 2.00. The van der Waals surface area contributed by atoms with Crippen LogP contribution in [-0.2, 0) is 9.53 Å². The lowest BCUT2D eigenvalue weighted by atomic mass is 9.80. The van der Waals surface area contributed by atoms with Crippen molar-refractivity contribution in [2.75, 3.05) is 13.7 Å². The van der Waals surface area contributed by atoms with Gasteiger partial charge in [0.15, 0.2) is 5.78 Å². The number of rotatable bonds is 13. The summed E-state index contributed by atoms with van der Waals surface area (Å²) in [5, 5.41) is 0. The van der Waals surface area contributed by atoms with Crippen LogP contribution in [0.4, 0.5) is 8.78 Å². The van der Waals surface area contributed by atoms with Gasteiger partial charge in [0.25, 0.3) is 0 Å². The quantitative estimate of drug-likeness (QED) is 0.135. The standard InChI is InChI=1S/C28H35F2NO2/c1-4-26(27(32)20-22(14-17-28(29)30)11-7-6-10-18-33-3)31-24-15-16-25(21(2)19-24)23-12-8-5-9-13-23/h5,8-9,12-14,25,28H,1-2,6-7,10-11,15-20H2,3H3/b22-14-,31-24?/t25-/m0/s1. The van der Waals surface area contributed by atoms with Crippen molar-refractivity contribution in [3.8, 4) is 0 Å². The number of hydrogen-bond donors (Lipinski definition) is 0. The van der Waals surface area contributed by atoms with Crippen molar-refractivity contribution in [3.63, 3.8) is 0 Å². The third-order valence-corrected chi connectivity index (χ3v) is 5.87. The summed E-state index contributed by atoms with van der Waals surface area (Å²) < 4.78 is 30.5. The first-order valence-electron chi connectivity index (χ1n) is 11.6. The van der Waals surface area contributed by atoms with Crippen molar-refractivity contribution in [1.29, 1.82) is 0 Å². The van der Waals surface area contributed by atoms with E-state index in [1.807, 2.05) is 18.2 Å². The maximum atomic E-state index is 12.9. The highest BCUT2D eigenvalue weighted by molar-refractivity contribution is 6.00. The van der Waals surface area contributed by atoms with E-state index in [0.29, 0.717) is 25.4 Å². The number of aliphatic imine (C=N–C) groups is 1. The summed E-state index contributed by atoms with van der Waals surface area (Å²) in [4.78, 5) is 17.4. The van der Waals surface area contributed by atoms with Crippen LogP contribution in [0.2, 0.25) is 0 Å². The first-order chi connectivity index (χ1) is 15.9. The summed E-state index contributed by atoms with van der Waals surface area (Å²) in [5.74, 6) is 0.0599. The fourth-order valence-corrected chi connectivity index (χ4v) is 4.11. The summed E-state index contributed by atoms with van der Waals surface area (Å²) >= 11 is 0. The summed E-state index contributed by atoms with van der Waals surface area (Å²) in [7, 11) is 1.65. The average Bonchev–Trinajstić information content (AvgIpc) is 2.81. The Hall–Kier alpha value is -2.62. The molecule has 1 fully saturated rings. The van der Waals surface area contributed by atoms with Crippen LogP contribution in [0.25, 0.3) is 0 Å². The van der Waals surface area contributed by atoms with Crippen LogP contribution in [0.3, 0.4) is 0 Å². The Kier molecular flexibility index (Phi) is 11.7. The van der Waals surface area contributed by atoms with Gasteiger partial charge in [0.05, 0.1) is 0 Å². The van der Waals surface area contributed by atoms with E-state index in [1.165, 1.54) is 11.6 Å². The Morgan fingerprint density at radius 1 is 1.27 bits per heavy atom. The van der Waals surface area contributed by atoms with Crippen molar-refractivity contribution in [1.82, 2.24) is 0 Å². The number of carbonyl (C=O) groups is 1. The average molecular weight is 456 g/mol. The topological polar surface area (TPSA) is 38.7 Å². The molecule has 0 saturated heterocycles. The lowest BCUT2D eigenvalue weighted by Gasteiger charge is -2.26. The second-order valence-corrected chi connectivity index (χ2v) is 8.43. The number of benzene rings is 1. The number of Topliss-reactive ketones (excluding diaryl/α,β-unsaturated/α-hetero) is 1. The molecule has 1 aromatic rings. The molecule has 0 heterocycles. The Morgan fingerprint density at radius 2 is 2.03 bits per heavy atom. The Morgan fingerprint density at radius 3 is 2.67 bits per heavy atom. The van der Waals surface area contributed by atoms with Crippen LogP contribution in [-0.4, -0.2) is 31.6 Å². The predicted molar refractivity (Wildman–Crippen MR) is 131 cm³/mol. The fraction of sp³-hybridized carbons (Fsp3) is 0.464. The number of unbranched alkanes of at least 4 members (excludes halogenated alkanes) is 2. The summed E-state index contributed by atoms with van der Waals surface area (Å²) in [6.45, 7) is 8.56. The van der Waals surface area contributed by atoms with E-state index in [-0.39, 0.29) is 24.3 Å². The molecule has 0 aromatic heterocycles. The zero-order valence-electron chi connectivity index (χ0n) is 19.6. The molecule has 1 aliphatic carbocycles. The van der Waals surface area contributed by atoms with Crippen LogP contribution < -0.4 is 0 Å². The summed E-state index contributed by atoms with van der Waals surface area (Å²) in [6.07, 6.45) is 4.35. The molecule has 178 valence electrons. The normalized spacial score (nSPS) is 17.9. The fourth-order valence-electron chi connectivity index (χ4n) is 4.11. The van der Waals surface area contributed by atoms with Gasteiger partial charge in [-0.25, -0.2) is 13.8 Å². The van der Waals surface area contributed by atoms with Crippen molar-refractivity contribution in [2.24, 2.45) is 4.99 Å². The van der Waals surface area contributed by atoms with Gasteiger partial charge >= 0.3 is 0 Å². The Labute approximate surface area is 196 Å². The van der Waals surface area contributed by atoms with Gasteiger partial charge < -0.3 is 4.74 Å². The van der Waals surface area contributed by atoms with Gasteiger partial charge in [-0.05, 0) is 37.7 Å². The van der Waals surface area contributed by atoms with Gasteiger partial charge in [0.2, 0.25) is 6.43 Å². The second-order valence-electron chi connectivity index (χ2n) is 8.43. The van der Waals surface area contributed by atoms with Crippen LogP contribution in [0.1, 0.15) is 69.3 Å². The molecule has 1 aliphatic rings. The number of nitrogens with zero attached hydrogens (tertiary/aromatic N) is 1. The molecule has 1 atom stereocenters. The number of ketones is 1. The van der Waals surface area contributed by atoms with Crippen molar-refractivity contribution < 1.29 is 18.3 Å². The minimum atomic E-state index is -2.43. The van der Waals surface area contributed by atoms with E-state index in [0.717, 1.165) is 49.0 Å². The van der Waals surface area contributed by atoms with Crippen LogP contribution in [0.5, 0.6) is 0 Å². The molecule has 0 radical (unpaired) electrons. The molecule has 33 heavy (non-hydrogen) atoms. The zero-order chi connectivity index (χ0) is 24.1.